The minimum atomic E-state index is -3.41. The van der Waals surface area contributed by atoms with Crippen LogP contribution in [0.25, 0.3) is 0 Å². The van der Waals surface area contributed by atoms with Gasteiger partial charge in [-0.2, -0.15) is 9.57 Å². The van der Waals surface area contributed by atoms with E-state index >= 15 is 0 Å². The van der Waals surface area contributed by atoms with Crippen molar-refractivity contribution in [3.8, 4) is 11.9 Å². The second-order valence-electron chi connectivity index (χ2n) is 4.46. The lowest BCUT2D eigenvalue weighted by atomic mass is 10.2. The summed E-state index contributed by atoms with van der Waals surface area (Å²) in [6.45, 7) is 0.531. The first-order valence-electron chi connectivity index (χ1n) is 6.16. The predicted octanol–water partition coefficient (Wildman–Crippen LogP) is 1.47. The van der Waals surface area contributed by atoms with Crippen LogP contribution >= 0.6 is 11.3 Å². The van der Waals surface area contributed by atoms with Crippen molar-refractivity contribution >= 4 is 21.4 Å². The van der Waals surface area contributed by atoms with E-state index in [1.807, 2.05) is 6.07 Å². The third kappa shape index (κ3) is 2.63. The molecule has 0 unspecified atom stereocenters. The van der Waals surface area contributed by atoms with E-state index in [1.54, 1.807) is 29.6 Å². The maximum atomic E-state index is 12.2. The monoisotopic (exact) mass is 321 g/mol. The van der Waals surface area contributed by atoms with Crippen LogP contribution < -0.4 is 4.74 Å². The second-order valence-corrected chi connectivity index (χ2v) is 7.57. The first kappa shape index (κ1) is 14.0. The van der Waals surface area contributed by atoms with Gasteiger partial charge in [-0.15, -0.1) is 11.3 Å². The minimum absolute atomic E-state index is 0.248. The van der Waals surface area contributed by atoms with Crippen LogP contribution in [0, 0.1) is 11.3 Å². The highest BCUT2D eigenvalue weighted by Gasteiger charge is 2.39. The van der Waals surface area contributed by atoms with Crippen LogP contribution in [0.4, 0.5) is 0 Å². The molecule has 108 valence electrons. The van der Waals surface area contributed by atoms with Gasteiger partial charge in [-0.05, 0) is 23.6 Å². The van der Waals surface area contributed by atoms with Crippen LogP contribution in [-0.4, -0.2) is 36.9 Å². The lowest BCUT2D eigenvalue weighted by Crippen LogP contribution is -2.55. The zero-order chi connectivity index (χ0) is 14.9. The Labute approximate surface area is 126 Å². The van der Waals surface area contributed by atoms with Gasteiger partial charge in [-0.1, -0.05) is 6.07 Å². The number of pyridine rings is 1. The van der Waals surface area contributed by atoms with Gasteiger partial charge < -0.3 is 4.74 Å². The van der Waals surface area contributed by atoms with E-state index in [4.69, 9.17) is 10.00 Å². The summed E-state index contributed by atoms with van der Waals surface area (Å²) in [6, 6.07) is 8.55. The van der Waals surface area contributed by atoms with E-state index in [2.05, 4.69) is 4.98 Å². The van der Waals surface area contributed by atoms with Gasteiger partial charge >= 0.3 is 0 Å². The van der Waals surface area contributed by atoms with Crippen LogP contribution in [0.1, 0.15) is 5.56 Å². The number of nitrogens with zero attached hydrogens (tertiary/aromatic N) is 3. The van der Waals surface area contributed by atoms with E-state index in [0.29, 0.717) is 9.77 Å². The molecule has 6 nitrogen and oxygen atoms in total. The number of sulfonamides is 1. The van der Waals surface area contributed by atoms with Crippen molar-refractivity contribution in [2.45, 2.75) is 10.3 Å². The predicted molar refractivity (Wildman–Crippen MR) is 76.4 cm³/mol. The molecule has 0 bridgehead atoms. The largest absolute Gasteiger partial charge is 0.471 e. The number of hydrogen-bond acceptors (Lipinski definition) is 6. The standard InChI is InChI=1S/C13H11N3O3S2/c14-7-10-3-1-5-15-13(10)19-11-8-16(9-11)21(17,18)12-4-2-6-20-12/h1-6,11H,8-9H2. The van der Waals surface area contributed by atoms with Gasteiger partial charge in [0.25, 0.3) is 10.0 Å². The highest BCUT2D eigenvalue weighted by atomic mass is 32.2. The van der Waals surface area contributed by atoms with E-state index in [0.717, 1.165) is 0 Å². The molecule has 1 aliphatic rings. The number of nitriles is 1. The molecule has 0 spiro atoms. The van der Waals surface area contributed by atoms with Gasteiger partial charge in [-0.3, -0.25) is 0 Å². The molecule has 0 atom stereocenters. The SMILES string of the molecule is N#Cc1cccnc1OC1CN(S(=O)(=O)c2cccs2)C1. The summed E-state index contributed by atoms with van der Waals surface area (Å²) in [7, 11) is -3.41. The molecule has 0 aliphatic carbocycles. The quantitative estimate of drug-likeness (QED) is 0.851. The number of thiophene rings is 1. The van der Waals surface area contributed by atoms with Gasteiger partial charge in [0.15, 0.2) is 0 Å². The summed E-state index contributed by atoms with van der Waals surface area (Å²) < 4.78 is 31.7. The highest BCUT2D eigenvalue weighted by molar-refractivity contribution is 7.91. The Morgan fingerprint density at radius 2 is 2.19 bits per heavy atom. The van der Waals surface area contributed by atoms with Gasteiger partial charge in [0.2, 0.25) is 5.88 Å². The Morgan fingerprint density at radius 3 is 2.86 bits per heavy atom. The molecule has 1 aliphatic heterocycles. The van der Waals surface area contributed by atoms with Crippen LogP contribution in [-0.2, 0) is 10.0 Å². The Hall–Kier alpha value is -1.95. The van der Waals surface area contributed by atoms with E-state index in [-0.39, 0.29) is 25.1 Å². The number of aromatic nitrogens is 1. The summed E-state index contributed by atoms with van der Waals surface area (Å²) in [5, 5.41) is 10.7. The molecule has 8 heteroatoms. The zero-order valence-corrected chi connectivity index (χ0v) is 12.5. The van der Waals surface area contributed by atoms with Crippen molar-refractivity contribution in [1.29, 1.82) is 5.26 Å². The highest BCUT2D eigenvalue weighted by Crippen LogP contribution is 2.27. The lowest BCUT2D eigenvalue weighted by molar-refractivity contribution is 0.0719. The van der Waals surface area contributed by atoms with Crippen LogP contribution in [0.15, 0.2) is 40.1 Å². The molecule has 1 fully saturated rings. The normalized spacial score (nSPS) is 16.1. The Morgan fingerprint density at radius 1 is 1.38 bits per heavy atom. The van der Waals surface area contributed by atoms with Gasteiger partial charge in [-0.25, -0.2) is 13.4 Å². The summed E-state index contributed by atoms with van der Waals surface area (Å²) in [5.74, 6) is 0.248. The van der Waals surface area contributed by atoms with Crippen LogP contribution in [0.2, 0.25) is 0 Å². The smallest absolute Gasteiger partial charge is 0.252 e. The molecule has 0 saturated carbocycles. The molecule has 0 aromatic carbocycles. The molecular weight excluding hydrogens is 310 g/mol. The fourth-order valence-corrected chi connectivity index (χ4v) is 4.58. The van der Waals surface area contributed by atoms with Crippen molar-refractivity contribution < 1.29 is 13.2 Å². The average Bonchev–Trinajstić information content (AvgIpc) is 2.97. The molecule has 3 rings (SSSR count). The molecule has 3 heterocycles. The van der Waals surface area contributed by atoms with Crippen LogP contribution in [0.3, 0.4) is 0 Å². The molecular formula is C13H11N3O3S2. The molecule has 0 amide bonds. The number of rotatable bonds is 4. The van der Waals surface area contributed by atoms with Gasteiger partial charge in [0.1, 0.15) is 21.9 Å². The van der Waals surface area contributed by atoms with Gasteiger partial charge in [0.05, 0.1) is 13.1 Å². The Kier molecular flexibility index (Phi) is 3.63. The van der Waals surface area contributed by atoms with Crippen molar-refractivity contribution in [2.75, 3.05) is 13.1 Å². The van der Waals surface area contributed by atoms with Crippen molar-refractivity contribution in [3.63, 3.8) is 0 Å². The Balaban J connectivity index is 1.66. The molecule has 2 aromatic rings. The minimum Gasteiger partial charge on any atom is -0.471 e. The maximum absolute atomic E-state index is 12.2. The van der Waals surface area contributed by atoms with E-state index in [9.17, 15) is 8.42 Å². The average molecular weight is 321 g/mol. The summed E-state index contributed by atoms with van der Waals surface area (Å²) in [4.78, 5) is 4.00. The Bertz CT molecular complexity index is 775. The zero-order valence-electron chi connectivity index (χ0n) is 10.8. The van der Waals surface area contributed by atoms with E-state index in [1.165, 1.54) is 21.8 Å². The number of hydrogen-bond donors (Lipinski definition) is 0. The first-order chi connectivity index (χ1) is 10.1. The maximum Gasteiger partial charge on any atom is 0.252 e. The fourth-order valence-electron chi connectivity index (χ4n) is 1.94. The lowest BCUT2D eigenvalue weighted by Gasteiger charge is -2.37. The van der Waals surface area contributed by atoms with E-state index < -0.39 is 10.0 Å². The molecule has 0 N–H and O–H groups in total. The van der Waals surface area contributed by atoms with Crippen LogP contribution in [0.5, 0.6) is 5.88 Å². The van der Waals surface area contributed by atoms with Gasteiger partial charge in [0, 0.05) is 6.20 Å². The molecule has 0 radical (unpaired) electrons. The third-order valence-electron chi connectivity index (χ3n) is 3.07. The van der Waals surface area contributed by atoms with Crippen molar-refractivity contribution in [1.82, 2.24) is 9.29 Å². The van der Waals surface area contributed by atoms with Crippen molar-refractivity contribution in [2.24, 2.45) is 0 Å². The molecule has 21 heavy (non-hydrogen) atoms. The summed E-state index contributed by atoms with van der Waals surface area (Å²) in [5.41, 5.74) is 0.345. The molecule has 1 saturated heterocycles. The third-order valence-corrected chi connectivity index (χ3v) is 6.28. The molecule has 2 aromatic heterocycles. The number of ether oxygens (including phenoxy) is 1. The topological polar surface area (TPSA) is 83.3 Å². The van der Waals surface area contributed by atoms with Crippen molar-refractivity contribution in [3.05, 3.63) is 41.4 Å². The first-order valence-corrected chi connectivity index (χ1v) is 8.48. The fraction of sp³-hybridized carbons (Fsp3) is 0.231. The summed E-state index contributed by atoms with van der Waals surface area (Å²) >= 11 is 1.19. The second kappa shape index (κ2) is 5.44. The summed E-state index contributed by atoms with van der Waals surface area (Å²) in [6.07, 6.45) is 1.26.